The maximum Gasteiger partial charge on any atom is 0.131 e. The molecule has 0 amide bonds. The Bertz CT molecular complexity index is 506. The highest BCUT2D eigenvalue weighted by atomic mass is 19.1. The van der Waals surface area contributed by atoms with Gasteiger partial charge in [0, 0.05) is 5.56 Å². The van der Waals surface area contributed by atoms with Gasteiger partial charge >= 0.3 is 0 Å². The first-order chi connectivity index (χ1) is 7.75. The highest BCUT2D eigenvalue weighted by Gasteiger charge is 1.99. The normalized spacial score (nSPS) is 11.4. The van der Waals surface area contributed by atoms with E-state index in [0.29, 0.717) is 11.4 Å². The average Bonchev–Trinajstić information content (AvgIpc) is 2.30. The number of nitrogens with two attached hydrogens (primary N) is 1. The van der Waals surface area contributed by atoms with Gasteiger partial charge in [-0.25, -0.2) is 9.38 Å². The first-order valence-electron chi connectivity index (χ1n) is 4.91. The van der Waals surface area contributed by atoms with Crippen LogP contribution >= 0.6 is 0 Å². The molecular weight excluding hydrogens is 203 g/mol. The second kappa shape index (κ2) is 4.57. The average molecular weight is 214 g/mol. The van der Waals surface area contributed by atoms with Gasteiger partial charge in [0.05, 0.1) is 5.69 Å². The zero-order chi connectivity index (χ0) is 11.4. The largest absolute Gasteiger partial charge is 0.383 e. The molecule has 0 aliphatic rings. The molecule has 0 unspecified atom stereocenters. The van der Waals surface area contributed by atoms with Crippen LogP contribution in [0.3, 0.4) is 0 Å². The summed E-state index contributed by atoms with van der Waals surface area (Å²) in [5.74, 6) is -0.00517. The summed E-state index contributed by atoms with van der Waals surface area (Å²) < 4.78 is 13.0. The molecule has 2 aromatic rings. The molecule has 0 heterocycles. The molecule has 2 nitrogen and oxygen atoms in total. The van der Waals surface area contributed by atoms with E-state index in [9.17, 15) is 4.39 Å². The zero-order valence-electron chi connectivity index (χ0n) is 8.60. The van der Waals surface area contributed by atoms with Crippen LogP contribution in [-0.2, 0) is 0 Å². The van der Waals surface area contributed by atoms with E-state index < -0.39 is 0 Å². The lowest BCUT2D eigenvalue weighted by molar-refractivity contribution is 0.627. The summed E-state index contributed by atoms with van der Waals surface area (Å²) in [6.45, 7) is 0. The topological polar surface area (TPSA) is 38.4 Å². The van der Waals surface area contributed by atoms with Crippen LogP contribution in [0.1, 0.15) is 5.56 Å². The summed E-state index contributed by atoms with van der Waals surface area (Å²) in [7, 11) is 0. The molecular formula is C13H11FN2. The third kappa shape index (κ3) is 2.45. The van der Waals surface area contributed by atoms with Gasteiger partial charge in [-0.2, -0.15) is 0 Å². The van der Waals surface area contributed by atoms with Crippen molar-refractivity contribution in [1.82, 2.24) is 0 Å². The van der Waals surface area contributed by atoms with E-state index in [2.05, 4.69) is 4.99 Å². The predicted octanol–water partition coefficient (Wildman–Crippen LogP) is 2.86. The summed E-state index contributed by atoms with van der Waals surface area (Å²) >= 11 is 0. The number of hydrogen-bond donors (Lipinski definition) is 1. The standard InChI is InChI=1S/C13H11FN2/c14-11-6-4-5-10(9-11)13(15)16-12-7-2-1-3-8-12/h1-9H,(H2,15,16). The number of hydrogen-bond acceptors (Lipinski definition) is 1. The summed E-state index contributed by atoms with van der Waals surface area (Å²) in [6, 6.07) is 15.4. The highest BCUT2D eigenvalue weighted by molar-refractivity contribution is 5.98. The van der Waals surface area contributed by atoms with Crippen molar-refractivity contribution in [1.29, 1.82) is 0 Å². The molecule has 0 atom stereocenters. The van der Waals surface area contributed by atoms with Gasteiger partial charge in [-0.15, -0.1) is 0 Å². The fourth-order valence-electron chi connectivity index (χ4n) is 1.35. The lowest BCUT2D eigenvalue weighted by Crippen LogP contribution is -2.12. The fourth-order valence-corrected chi connectivity index (χ4v) is 1.35. The Morgan fingerprint density at radius 3 is 2.44 bits per heavy atom. The van der Waals surface area contributed by atoms with Crippen molar-refractivity contribution >= 4 is 11.5 Å². The molecule has 16 heavy (non-hydrogen) atoms. The Hall–Kier alpha value is -2.16. The molecule has 80 valence electrons. The number of aliphatic imine (C=N–C) groups is 1. The minimum absolute atomic E-state index is 0.311. The number of halogens is 1. The second-order valence-corrected chi connectivity index (χ2v) is 3.34. The lowest BCUT2D eigenvalue weighted by atomic mass is 10.2. The second-order valence-electron chi connectivity index (χ2n) is 3.34. The van der Waals surface area contributed by atoms with Crippen molar-refractivity contribution in [3.8, 4) is 0 Å². The minimum Gasteiger partial charge on any atom is -0.383 e. The molecule has 2 N–H and O–H groups in total. The van der Waals surface area contributed by atoms with Crippen molar-refractivity contribution < 1.29 is 4.39 Å². The van der Waals surface area contributed by atoms with Crippen LogP contribution in [0.5, 0.6) is 0 Å². The van der Waals surface area contributed by atoms with Crippen molar-refractivity contribution in [2.45, 2.75) is 0 Å². The number of nitrogens with zero attached hydrogens (tertiary/aromatic N) is 1. The molecule has 0 aliphatic carbocycles. The highest BCUT2D eigenvalue weighted by Crippen LogP contribution is 2.12. The molecule has 0 radical (unpaired) electrons. The molecule has 0 bridgehead atoms. The van der Waals surface area contributed by atoms with Gasteiger partial charge in [0.25, 0.3) is 0 Å². The fraction of sp³-hybridized carbons (Fsp3) is 0. The van der Waals surface area contributed by atoms with Crippen LogP contribution < -0.4 is 5.73 Å². The van der Waals surface area contributed by atoms with Crippen molar-refractivity contribution in [2.24, 2.45) is 10.7 Å². The van der Waals surface area contributed by atoms with E-state index in [1.807, 2.05) is 30.3 Å². The zero-order valence-corrected chi connectivity index (χ0v) is 8.60. The van der Waals surface area contributed by atoms with E-state index in [4.69, 9.17) is 5.73 Å². The van der Waals surface area contributed by atoms with E-state index in [1.165, 1.54) is 12.1 Å². The number of rotatable bonds is 2. The minimum atomic E-state index is -0.316. The molecule has 2 rings (SSSR count). The predicted molar refractivity (Wildman–Crippen MR) is 63.2 cm³/mol. The third-order valence-corrected chi connectivity index (χ3v) is 2.13. The lowest BCUT2D eigenvalue weighted by Gasteiger charge is -2.00. The number of benzene rings is 2. The van der Waals surface area contributed by atoms with Crippen molar-refractivity contribution in [3.05, 3.63) is 66.0 Å². The first kappa shape index (κ1) is 10.4. The smallest absolute Gasteiger partial charge is 0.131 e. The van der Waals surface area contributed by atoms with Gasteiger partial charge in [0.1, 0.15) is 11.7 Å². The van der Waals surface area contributed by atoms with Crippen molar-refractivity contribution in [2.75, 3.05) is 0 Å². The molecule has 0 saturated carbocycles. The third-order valence-electron chi connectivity index (χ3n) is 2.13. The van der Waals surface area contributed by atoms with Gasteiger partial charge in [0.2, 0.25) is 0 Å². The molecule has 0 aliphatic heterocycles. The van der Waals surface area contributed by atoms with Gasteiger partial charge in [0.15, 0.2) is 0 Å². The monoisotopic (exact) mass is 214 g/mol. The maximum absolute atomic E-state index is 13.0. The maximum atomic E-state index is 13.0. The molecule has 2 aromatic carbocycles. The quantitative estimate of drug-likeness (QED) is 0.605. The molecule has 0 fully saturated rings. The Labute approximate surface area is 93.3 Å². The summed E-state index contributed by atoms with van der Waals surface area (Å²) in [4.78, 5) is 4.20. The van der Waals surface area contributed by atoms with Crippen LogP contribution in [-0.4, -0.2) is 5.84 Å². The van der Waals surface area contributed by atoms with Gasteiger partial charge in [-0.3, -0.25) is 0 Å². The van der Waals surface area contributed by atoms with Crippen LogP contribution in [0.25, 0.3) is 0 Å². The van der Waals surface area contributed by atoms with Crippen LogP contribution in [0.15, 0.2) is 59.6 Å². The molecule has 0 spiro atoms. The Kier molecular flexibility index (Phi) is 2.96. The van der Waals surface area contributed by atoms with Crippen LogP contribution in [0, 0.1) is 5.82 Å². The summed E-state index contributed by atoms with van der Waals surface area (Å²) in [5, 5.41) is 0. The Morgan fingerprint density at radius 2 is 1.75 bits per heavy atom. The summed E-state index contributed by atoms with van der Waals surface area (Å²) in [5.41, 5.74) is 7.12. The molecule has 0 saturated heterocycles. The van der Waals surface area contributed by atoms with Crippen LogP contribution in [0.2, 0.25) is 0 Å². The van der Waals surface area contributed by atoms with E-state index in [1.54, 1.807) is 12.1 Å². The molecule has 0 aromatic heterocycles. The summed E-state index contributed by atoms with van der Waals surface area (Å²) in [6.07, 6.45) is 0. The van der Waals surface area contributed by atoms with Gasteiger partial charge < -0.3 is 5.73 Å². The SMILES string of the molecule is NC(=Nc1ccccc1)c1cccc(F)c1. The van der Waals surface area contributed by atoms with E-state index >= 15 is 0 Å². The number of para-hydroxylation sites is 1. The van der Waals surface area contributed by atoms with Gasteiger partial charge in [-0.1, -0.05) is 30.3 Å². The van der Waals surface area contributed by atoms with E-state index in [-0.39, 0.29) is 5.82 Å². The Morgan fingerprint density at radius 1 is 1.00 bits per heavy atom. The Balaban J connectivity index is 2.32. The molecule has 3 heteroatoms. The van der Waals surface area contributed by atoms with E-state index in [0.717, 1.165) is 5.69 Å². The number of amidine groups is 1. The van der Waals surface area contributed by atoms with Crippen molar-refractivity contribution in [3.63, 3.8) is 0 Å². The van der Waals surface area contributed by atoms with Gasteiger partial charge in [-0.05, 0) is 24.3 Å². The first-order valence-corrected chi connectivity index (χ1v) is 4.91. The van der Waals surface area contributed by atoms with Crippen LogP contribution in [0.4, 0.5) is 10.1 Å².